The third kappa shape index (κ3) is 2.37. The molecule has 6 nitrogen and oxygen atoms in total. The first kappa shape index (κ1) is 13.9. The number of aliphatic carboxylic acids is 1. The highest BCUT2D eigenvalue weighted by molar-refractivity contribution is 7.99. The van der Waals surface area contributed by atoms with Gasteiger partial charge in [0, 0.05) is 17.6 Å². The lowest BCUT2D eigenvalue weighted by Gasteiger charge is -2.23. The van der Waals surface area contributed by atoms with Crippen LogP contribution in [0.25, 0.3) is 5.65 Å². The molecule has 0 spiro atoms. The molecular formula is C14H15N3O3S. The van der Waals surface area contributed by atoms with Crippen LogP contribution in [0.15, 0.2) is 24.4 Å². The highest BCUT2D eigenvalue weighted by Gasteiger charge is 2.43. The number of nitrogens with zero attached hydrogens (tertiary/aromatic N) is 2. The van der Waals surface area contributed by atoms with Crippen LogP contribution in [0.5, 0.6) is 0 Å². The van der Waals surface area contributed by atoms with Crippen LogP contribution in [0.2, 0.25) is 0 Å². The Balaban J connectivity index is 1.90. The van der Waals surface area contributed by atoms with Gasteiger partial charge in [-0.3, -0.25) is 4.79 Å². The number of carbonyl (C=O) groups is 2. The summed E-state index contributed by atoms with van der Waals surface area (Å²) in [5.41, 5.74) is 0.697. The largest absolute Gasteiger partial charge is 0.479 e. The summed E-state index contributed by atoms with van der Waals surface area (Å²) in [4.78, 5) is 28.1. The Bertz CT molecular complexity index is 719. The molecule has 0 aliphatic carbocycles. The average molecular weight is 305 g/mol. The van der Waals surface area contributed by atoms with Gasteiger partial charge < -0.3 is 14.8 Å². The van der Waals surface area contributed by atoms with Gasteiger partial charge in [0.25, 0.3) is 5.91 Å². The van der Waals surface area contributed by atoms with Crippen LogP contribution in [0, 0.1) is 6.92 Å². The number of aryl methyl sites for hydroxylation is 1. The van der Waals surface area contributed by atoms with Gasteiger partial charge in [-0.1, -0.05) is 6.07 Å². The predicted octanol–water partition coefficient (Wildman–Crippen LogP) is 1.33. The fraction of sp³-hybridized carbons (Fsp3) is 0.357. The number of thioether (sulfide) groups is 1. The fourth-order valence-electron chi connectivity index (χ4n) is 2.42. The normalized spacial score (nSPS) is 21.6. The molecular weight excluding hydrogens is 290 g/mol. The number of carboxylic acid groups (broad SMARTS) is 1. The minimum absolute atomic E-state index is 0.238. The molecule has 7 heteroatoms. The number of carboxylic acids is 1. The highest BCUT2D eigenvalue weighted by Crippen LogP contribution is 2.28. The van der Waals surface area contributed by atoms with Crippen LogP contribution < -0.4 is 5.32 Å². The summed E-state index contributed by atoms with van der Waals surface area (Å²) in [6.45, 7) is 1.92. The van der Waals surface area contributed by atoms with E-state index in [4.69, 9.17) is 0 Å². The lowest BCUT2D eigenvalue weighted by Crippen LogP contribution is -2.54. The van der Waals surface area contributed by atoms with E-state index >= 15 is 0 Å². The van der Waals surface area contributed by atoms with E-state index in [1.807, 2.05) is 29.5 Å². The van der Waals surface area contributed by atoms with Gasteiger partial charge in [-0.15, -0.1) is 0 Å². The summed E-state index contributed by atoms with van der Waals surface area (Å²) in [6.07, 6.45) is 2.07. The Kier molecular flexibility index (Phi) is 3.36. The monoisotopic (exact) mass is 305 g/mol. The number of hydrogen-bond donors (Lipinski definition) is 2. The maximum Gasteiger partial charge on any atom is 0.330 e. The lowest BCUT2D eigenvalue weighted by atomic mass is 9.99. The number of carbonyl (C=O) groups excluding carboxylic acids is 1. The van der Waals surface area contributed by atoms with Gasteiger partial charge in [0.2, 0.25) is 0 Å². The van der Waals surface area contributed by atoms with E-state index in [-0.39, 0.29) is 5.69 Å². The molecule has 21 heavy (non-hydrogen) atoms. The van der Waals surface area contributed by atoms with Crippen molar-refractivity contribution in [2.75, 3.05) is 11.5 Å². The van der Waals surface area contributed by atoms with Gasteiger partial charge in [0.1, 0.15) is 16.9 Å². The molecule has 1 aliphatic rings. The third-order valence-electron chi connectivity index (χ3n) is 3.71. The minimum Gasteiger partial charge on any atom is -0.479 e. The molecule has 110 valence electrons. The second-order valence-electron chi connectivity index (χ2n) is 5.17. The van der Waals surface area contributed by atoms with Crippen LogP contribution in [0.1, 0.15) is 22.6 Å². The molecule has 0 radical (unpaired) electrons. The molecule has 1 fully saturated rings. The smallest absolute Gasteiger partial charge is 0.330 e. The first-order valence-electron chi connectivity index (χ1n) is 6.60. The lowest BCUT2D eigenvalue weighted by molar-refractivity contribution is -0.143. The zero-order chi connectivity index (χ0) is 15.0. The van der Waals surface area contributed by atoms with Crippen LogP contribution in [-0.4, -0.2) is 43.4 Å². The number of pyridine rings is 1. The molecule has 3 heterocycles. The van der Waals surface area contributed by atoms with Crippen molar-refractivity contribution < 1.29 is 14.7 Å². The average Bonchev–Trinajstić information content (AvgIpc) is 3.06. The second kappa shape index (κ2) is 5.07. The van der Waals surface area contributed by atoms with Gasteiger partial charge in [0.15, 0.2) is 0 Å². The Labute approximate surface area is 125 Å². The van der Waals surface area contributed by atoms with E-state index in [1.54, 1.807) is 6.20 Å². The van der Waals surface area contributed by atoms with Crippen molar-refractivity contribution in [1.82, 2.24) is 14.7 Å². The molecule has 1 unspecified atom stereocenters. The van der Waals surface area contributed by atoms with E-state index in [9.17, 15) is 14.7 Å². The Morgan fingerprint density at radius 3 is 2.90 bits per heavy atom. The summed E-state index contributed by atoms with van der Waals surface area (Å²) < 4.78 is 1.81. The van der Waals surface area contributed by atoms with Crippen molar-refractivity contribution in [2.24, 2.45) is 0 Å². The maximum atomic E-state index is 12.3. The van der Waals surface area contributed by atoms with Crippen molar-refractivity contribution >= 4 is 29.3 Å². The van der Waals surface area contributed by atoms with Gasteiger partial charge in [-0.25, -0.2) is 9.78 Å². The molecule has 2 N–H and O–H groups in total. The van der Waals surface area contributed by atoms with Gasteiger partial charge >= 0.3 is 5.97 Å². The summed E-state index contributed by atoms with van der Waals surface area (Å²) in [7, 11) is 0. The molecule has 3 rings (SSSR count). The highest BCUT2D eigenvalue weighted by atomic mass is 32.2. The Hall–Kier alpha value is -2.02. The number of hydrogen-bond acceptors (Lipinski definition) is 4. The molecule has 1 atom stereocenters. The van der Waals surface area contributed by atoms with Crippen LogP contribution >= 0.6 is 11.8 Å². The first-order valence-corrected chi connectivity index (χ1v) is 7.76. The Morgan fingerprint density at radius 2 is 2.29 bits per heavy atom. The molecule has 0 saturated carbocycles. The topological polar surface area (TPSA) is 83.7 Å². The summed E-state index contributed by atoms with van der Waals surface area (Å²) in [5.74, 6) is -0.305. The molecule has 1 aliphatic heterocycles. The molecule has 2 aromatic rings. The number of nitrogens with one attached hydrogen (secondary N) is 1. The van der Waals surface area contributed by atoms with Gasteiger partial charge in [0.05, 0.1) is 0 Å². The molecule has 1 saturated heterocycles. The van der Waals surface area contributed by atoms with E-state index in [2.05, 4.69) is 10.3 Å². The standard InChI is InChI=1S/C14H15N3O3S/c1-9-3-2-4-11-15-10(7-17(9)11)12(18)16-14(13(19)20)5-6-21-8-14/h2-4,7H,5-6,8H2,1H3,(H,16,18)(H,19,20). The van der Waals surface area contributed by atoms with Crippen LogP contribution in [0.3, 0.4) is 0 Å². The zero-order valence-electron chi connectivity index (χ0n) is 11.5. The SMILES string of the molecule is Cc1cccc2nc(C(=O)NC3(C(=O)O)CCSC3)cn12. The number of amides is 1. The number of aromatic nitrogens is 2. The Morgan fingerprint density at radius 1 is 1.48 bits per heavy atom. The van der Waals surface area contributed by atoms with E-state index < -0.39 is 17.4 Å². The van der Waals surface area contributed by atoms with Gasteiger partial charge in [-0.05, 0) is 31.2 Å². The van der Waals surface area contributed by atoms with E-state index in [0.717, 1.165) is 11.4 Å². The van der Waals surface area contributed by atoms with Crippen molar-refractivity contribution in [3.8, 4) is 0 Å². The molecule has 1 amide bonds. The number of imidazole rings is 1. The van der Waals surface area contributed by atoms with Crippen molar-refractivity contribution in [2.45, 2.75) is 18.9 Å². The number of rotatable bonds is 3. The molecule has 0 aromatic carbocycles. The summed E-state index contributed by atoms with van der Waals surface area (Å²) in [5, 5.41) is 12.0. The predicted molar refractivity (Wildman–Crippen MR) is 79.7 cm³/mol. The van der Waals surface area contributed by atoms with E-state index in [1.165, 1.54) is 11.8 Å². The molecule has 2 aromatic heterocycles. The first-order chi connectivity index (χ1) is 10.0. The summed E-state index contributed by atoms with van der Waals surface area (Å²) in [6, 6.07) is 5.59. The molecule has 0 bridgehead atoms. The van der Waals surface area contributed by atoms with Crippen LogP contribution in [0.4, 0.5) is 0 Å². The van der Waals surface area contributed by atoms with Crippen LogP contribution in [-0.2, 0) is 4.79 Å². The zero-order valence-corrected chi connectivity index (χ0v) is 12.3. The number of fused-ring (bicyclic) bond motifs is 1. The summed E-state index contributed by atoms with van der Waals surface area (Å²) >= 11 is 1.53. The third-order valence-corrected chi connectivity index (χ3v) is 4.90. The quantitative estimate of drug-likeness (QED) is 0.894. The minimum atomic E-state index is -1.17. The maximum absolute atomic E-state index is 12.3. The van der Waals surface area contributed by atoms with Crippen molar-refractivity contribution in [1.29, 1.82) is 0 Å². The van der Waals surface area contributed by atoms with Gasteiger partial charge in [-0.2, -0.15) is 11.8 Å². The van der Waals surface area contributed by atoms with Crippen molar-refractivity contribution in [3.63, 3.8) is 0 Å². The fourth-order valence-corrected chi connectivity index (χ4v) is 3.75. The van der Waals surface area contributed by atoms with Crippen molar-refractivity contribution in [3.05, 3.63) is 35.8 Å². The van der Waals surface area contributed by atoms with E-state index in [0.29, 0.717) is 17.8 Å². The second-order valence-corrected chi connectivity index (χ2v) is 6.27.